The van der Waals surface area contributed by atoms with Gasteiger partial charge in [0.2, 0.25) is 0 Å². The van der Waals surface area contributed by atoms with E-state index in [1.807, 2.05) is 30.6 Å². The molecule has 0 radical (unpaired) electrons. The molecule has 14 heteroatoms. The minimum atomic E-state index is -3.29. The van der Waals surface area contributed by atoms with Crippen LogP contribution in [0.2, 0.25) is 0 Å². The summed E-state index contributed by atoms with van der Waals surface area (Å²) >= 11 is 1.61. The van der Waals surface area contributed by atoms with Gasteiger partial charge >= 0.3 is 0 Å². The number of aryl methyl sites for hydroxylation is 1. The topological polar surface area (TPSA) is 190 Å². The highest BCUT2D eigenvalue weighted by atomic mass is 32.2. The van der Waals surface area contributed by atoms with Gasteiger partial charge in [-0.2, -0.15) is 0 Å². The summed E-state index contributed by atoms with van der Waals surface area (Å²) in [6.07, 6.45) is 2.17. The summed E-state index contributed by atoms with van der Waals surface area (Å²) in [5.74, 6) is 0.452. The fraction of sp³-hybridized carbons (Fsp3) is 0.526. The Morgan fingerprint density at radius 2 is 1.77 bits per heavy atom. The molecule has 2 aliphatic rings. The summed E-state index contributed by atoms with van der Waals surface area (Å²) in [5, 5.41) is 53.3. The second kappa shape index (κ2) is 17.8. The Balaban J connectivity index is 1.20. The lowest BCUT2D eigenvalue weighted by Crippen LogP contribution is -2.53. The number of sulfone groups is 1. The number of hydrogen-bond acceptors (Lipinski definition) is 12. The zero-order chi connectivity index (χ0) is 37.5. The summed E-state index contributed by atoms with van der Waals surface area (Å²) < 4.78 is 29.7. The first kappa shape index (κ1) is 40.1. The van der Waals surface area contributed by atoms with E-state index in [0.717, 1.165) is 70.4 Å². The number of nitrogens with one attached hydrogen (secondary N) is 1. The maximum absolute atomic E-state index is 13.1. The maximum Gasteiger partial charge on any atom is 0.254 e. The Bertz CT molecular complexity index is 1770. The molecular weight excluding hydrogens is 707 g/mol. The van der Waals surface area contributed by atoms with Crippen LogP contribution >= 0.6 is 11.8 Å². The third-order valence-corrected chi connectivity index (χ3v) is 11.7. The van der Waals surface area contributed by atoms with Crippen molar-refractivity contribution in [3.05, 3.63) is 77.6 Å². The molecule has 0 spiro atoms. The minimum Gasteiger partial charge on any atom is -0.490 e. The molecule has 1 amide bonds. The highest BCUT2D eigenvalue weighted by Crippen LogP contribution is 2.50. The molecule has 0 aliphatic heterocycles. The van der Waals surface area contributed by atoms with Crippen LogP contribution in [0.25, 0.3) is 11.1 Å². The van der Waals surface area contributed by atoms with Gasteiger partial charge in [0.05, 0.1) is 18.5 Å². The molecule has 12 nitrogen and oxygen atoms in total. The molecule has 2 aromatic carbocycles. The minimum absolute atomic E-state index is 0.0128. The Morgan fingerprint density at radius 3 is 2.46 bits per heavy atom. The largest absolute Gasteiger partial charge is 0.490 e. The monoisotopic (exact) mass is 757 g/mol. The van der Waals surface area contributed by atoms with Crippen molar-refractivity contribution >= 4 is 27.5 Å². The number of nitrogens with zero attached hydrogens (tertiary/aromatic N) is 2. The molecule has 0 bridgehead atoms. The summed E-state index contributed by atoms with van der Waals surface area (Å²) in [7, 11) is -3.29. The number of rotatable bonds is 21. The Hall–Kier alpha value is -3.08. The Kier molecular flexibility index (Phi) is 13.8. The third kappa shape index (κ3) is 10.8. The number of benzene rings is 2. The zero-order valence-corrected chi connectivity index (χ0v) is 31.4. The first-order valence-electron chi connectivity index (χ1n) is 17.8. The van der Waals surface area contributed by atoms with Crippen LogP contribution in [0.3, 0.4) is 0 Å². The molecule has 284 valence electrons. The van der Waals surface area contributed by atoms with Gasteiger partial charge < -0.3 is 40.5 Å². The fourth-order valence-electron chi connectivity index (χ4n) is 6.18. The number of aliphatic hydroxyl groups excluding tert-OH is 5. The van der Waals surface area contributed by atoms with Crippen LogP contribution in [0.15, 0.2) is 65.8 Å². The summed E-state index contributed by atoms with van der Waals surface area (Å²) in [6, 6.07) is 16.6. The van der Waals surface area contributed by atoms with E-state index in [1.54, 1.807) is 11.8 Å². The number of aromatic nitrogens is 1. The van der Waals surface area contributed by atoms with Gasteiger partial charge in [0.25, 0.3) is 5.91 Å². The van der Waals surface area contributed by atoms with Gasteiger partial charge in [-0.1, -0.05) is 24.3 Å². The van der Waals surface area contributed by atoms with Gasteiger partial charge in [-0.25, -0.2) is 8.42 Å². The van der Waals surface area contributed by atoms with E-state index in [0.29, 0.717) is 24.8 Å². The van der Waals surface area contributed by atoms with E-state index in [4.69, 9.17) is 9.84 Å². The molecule has 2 saturated carbocycles. The number of ether oxygens (including phenoxy) is 1. The molecular formula is C38H51N3O9S2. The second-order valence-corrected chi connectivity index (χ2v) is 17.4. The number of pyridine rings is 1. The molecule has 4 atom stereocenters. The Morgan fingerprint density at radius 1 is 1.04 bits per heavy atom. The van der Waals surface area contributed by atoms with Crippen molar-refractivity contribution in [2.45, 2.75) is 92.9 Å². The fourth-order valence-corrected chi connectivity index (χ4v) is 7.73. The van der Waals surface area contributed by atoms with E-state index in [9.17, 15) is 33.6 Å². The van der Waals surface area contributed by atoms with Crippen LogP contribution in [-0.2, 0) is 26.7 Å². The van der Waals surface area contributed by atoms with Gasteiger partial charge in [0.15, 0.2) is 6.10 Å². The predicted molar refractivity (Wildman–Crippen MR) is 200 cm³/mol. The molecule has 4 unspecified atom stereocenters. The first-order chi connectivity index (χ1) is 24.8. The standard InChI is InChI=1S/C38H51N3O9S2/c1-25-9-12-28(51-19-5-17-41(18-6-20-52(2,48)49)37(47)36(46)35(45)34(44)32(43)24-42)21-26(25)22-40-38(14-15-38)31-23-39-16-13-29(31)30-7-3-4-8-33(30)50-27-10-11-27/h3-4,7-9,12-13,16,21,23,27,32,34-36,40,42-46H,5-6,10-11,14-15,17-20,22,24H2,1-2H3. The van der Waals surface area contributed by atoms with Gasteiger partial charge in [0.1, 0.15) is 33.9 Å². The van der Waals surface area contributed by atoms with Crippen molar-refractivity contribution in [2.75, 3.05) is 37.5 Å². The van der Waals surface area contributed by atoms with Crippen LogP contribution in [0.1, 0.15) is 55.2 Å². The van der Waals surface area contributed by atoms with Crippen molar-refractivity contribution in [2.24, 2.45) is 0 Å². The molecule has 2 fully saturated rings. The lowest BCUT2D eigenvalue weighted by atomic mass is 9.94. The van der Waals surface area contributed by atoms with Crippen LogP contribution in [-0.4, -0.2) is 118 Å². The van der Waals surface area contributed by atoms with E-state index in [-0.39, 0.29) is 30.8 Å². The molecule has 6 N–H and O–H groups in total. The lowest BCUT2D eigenvalue weighted by molar-refractivity contribution is -0.158. The average Bonchev–Trinajstić information content (AvgIpc) is 4.08. The third-order valence-electron chi connectivity index (χ3n) is 9.62. The van der Waals surface area contributed by atoms with Gasteiger partial charge in [-0.05, 0) is 97.7 Å². The number of para-hydroxylation sites is 1. The number of amides is 1. The SMILES string of the molecule is Cc1ccc(SCCCN(CCCS(C)(=O)=O)C(=O)C(O)C(O)C(O)C(O)CO)cc1CNC1(c2cnccc2-c2ccccc2OC2CC2)CC1. The predicted octanol–water partition coefficient (Wildman–Crippen LogP) is 2.56. The van der Waals surface area contributed by atoms with Crippen molar-refractivity contribution < 1.29 is 43.5 Å². The molecule has 1 aromatic heterocycles. The molecule has 0 saturated heterocycles. The van der Waals surface area contributed by atoms with Gasteiger partial charge in [0, 0.05) is 54.3 Å². The number of carbonyl (C=O) groups excluding carboxylic acids is 1. The lowest BCUT2D eigenvalue weighted by Gasteiger charge is -2.30. The number of carbonyl (C=O) groups is 1. The van der Waals surface area contributed by atoms with E-state index in [1.165, 1.54) is 4.90 Å². The second-order valence-electron chi connectivity index (χ2n) is 13.9. The van der Waals surface area contributed by atoms with E-state index >= 15 is 0 Å². The highest BCUT2D eigenvalue weighted by molar-refractivity contribution is 7.99. The highest BCUT2D eigenvalue weighted by Gasteiger charge is 2.46. The molecule has 5 rings (SSSR count). The number of aliphatic hydroxyl groups is 5. The first-order valence-corrected chi connectivity index (χ1v) is 20.8. The smallest absolute Gasteiger partial charge is 0.254 e. The number of hydrogen-bond donors (Lipinski definition) is 6. The average molecular weight is 758 g/mol. The normalized spacial score (nSPS) is 17.6. The molecule has 3 aromatic rings. The molecule has 1 heterocycles. The van der Waals surface area contributed by atoms with Crippen molar-refractivity contribution in [1.29, 1.82) is 0 Å². The zero-order valence-electron chi connectivity index (χ0n) is 29.7. The van der Waals surface area contributed by atoms with Crippen LogP contribution in [0.5, 0.6) is 5.75 Å². The van der Waals surface area contributed by atoms with E-state index in [2.05, 4.69) is 47.6 Å². The quantitative estimate of drug-likeness (QED) is 0.0690. The maximum atomic E-state index is 13.1. The molecule has 52 heavy (non-hydrogen) atoms. The van der Waals surface area contributed by atoms with E-state index < -0.39 is 46.8 Å². The summed E-state index contributed by atoms with van der Waals surface area (Å²) in [5.41, 5.74) is 5.50. The summed E-state index contributed by atoms with van der Waals surface area (Å²) in [4.78, 5) is 19.9. The van der Waals surface area contributed by atoms with Gasteiger partial charge in [-0.15, -0.1) is 11.8 Å². The van der Waals surface area contributed by atoms with Crippen molar-refractivity contribution in [3.63, 3.8) is 0 Å². The molecule has 2 aliphatic carbocycles. The van der Waals surface area contributed by atoms with Crippen LogP contribution < -0.4 is 10.1 Å². The van der Waals surface area contributed by atoms with Crippen LogP contribution in [0.4, 0.5) is 0 Å². The van der Waals surface area contributed by atoms with Crippen molar-refractivity contribution in [1.82, 2.24) is 15.2 Å². The summed E-state index contributed by atoms with van der Waals surface area (Å²) in [6.45, 7) is 2.06. The number of thioether (sulfide) groups is 1. The van der Waals surface area contributed by atoms with Crippen LogP contribution in [0, 0.1) is 6.92 Å². The van der Waals surface area contributed by atoms with Gasteiger partial charge in [-0.3, -0.25) is 9.78 Å². The van der Waals surface area contributed by atoms with Crippen molar-refractivity contribution in [3.8, 4) is 16.9 Å². The Labute approximate surface area is 310 Å².